The van der Waals surface area contributed by atoms with E-state index in [2.05, 4.69) is 0 Å². The summed E-state index contributed by atoms with van der Waals surface area (Å²) < 4.78 is 30.2. The molecular weight excluding hydrogens is 202 g/mol. The Morgan fingerprint density at radius 1 is 1.33 bits per heavy atom. The molecule has 1 N–H and O–H groups in total. The first-order valence-corrected chi connectivity index (χ1v) is 4.74. The molecule has 0 heterocycles. The van der Waals surface area contributed by atoms with Crippen molar-refractivity contribution in [3.8, 4) is 0 Å². The van der Waals surface area contributed by atoms with Gasteiger partial charge in [0.05, 0.1) is 6.10 Å². The number of rotatable bonds is 5. The normalized spacial score (nSPS) is 12.8. The van der Waals surface area contributed by atoms with Crippen LogP contribution in [-0.2, 0) is 11.2 Å². The minimum Gasteiger partial charge on any atom is -0.393 e. The maximum Gasteiger partial charge on any atom is 0.159 e. The third kappa shape index (κ3) is 3.93. The van der Waals surface area contributed by atoms with Gasteiger partial charge in [0.15, 0.2) is 11.6 Å². The molecule has 84 valence electrons. The second-order valence-electron chi connectivity index (χ2n) is 3.39. The molecule has 0 saturated heterocycles. The van der Waals surface area contributed by atoms with Crippen molar-refractivity contribution in [3.05, 3.63) is 35.4 Å². The fourth-order valence-corrected chi connectivity index (χ4v) is 1.29. The molecular formula is C11H14F2O2. The van der Waals surface area contributed by atoms with Crippen molar-refractivity contribution in [2.75, 3.05) is 13.7 Å². The summed E-state index contributed by atoms with van der Waals surface area (Å²) in [6.07, 6.45) is 0.200. The lowest BCUT2D eigenvalue weighted by Gasteiger charge is -2.09. The van der Waals surface area contributed by atoms with E-state index in [0.29, 0.717) is 25.0 Å². The van der Waals surface area contributed by atoms with E-state index in [-0.39, 0.29) is 0 Å². The molecule has 4 heteroatoms. The van der Waals surface area contributed by atoms with Gasteiger partial charge in [0, 0.05) is 13.7 Å². The predicted molar refractivity (Wildman–Crippen MR) is 52.6 cm³/mol. The Morgan fingerprint density at radius 3 is 2.67 bits per heavy atom. The molecule has 1 aromatic carbocycles. The van der Waals surface area contributed by atoms with Gasteiger partial charge >= 0.3 is 0 Å². The largest absolute Gasteiger partial charge is 0.393 e. The Balaban J connectivity index is 2.53. The van der Waals surface area contributed by atoms with Gasteiger partial charge in [-0.2, -0.15) is 0 Å². The van der Waals surface area contributed by atoms with Gasteiger partial charge in [-0.3, -0.25) is 0 Å². The van der Waals surface area contributed by atoms with Crippen LogP contribution < -0.4 is 0 Å². The molecule has 15 heavy (non-hydrogen) atoms. The summed E-state index contributed by atoms with van der Waals surface area (Å²) in [5.41, 5.74) is 0.581. The van der Waals surface area contributed by atoms with Gasteiger partial charge in [-0.25, -0.2) is 8.78 Å². The SMILES string of the molecule is COCCC(O)Cc1ccc(F)c(F)c1. The van der Waals surface area contributed by atoms with E-state index < -0.39 is 17.7 Å². The Hall–Kier alpha value is -1.00. The Bertz CT molecular complexity index is 315. The van der Waals surface area contributed by atoms with E-state index in [1.807, 2.05) is 0 Å². The lowest BCUT2D eigenvalue weighted by molar-refractivity contribution is 0.110. The van der Waals surface area contributed by atoms with E-state index in [1.54, 1.807) is 7.11 Å². The minimum absolute atomic E-state index is 0.306. The van der Waals surface area contributed by atoms with Crippen molar-refractivity contribution >= 4 is 0 Å². The standard InChI is InChI=1S/C11H14F2O2/c1-15-5-4-9(14)6-8-2-3-10(12)11(13)7-8/h2-3,7,9,14H,4-6H2,1H3. The van der Waals surface area contributed by atoms with Crippen molar-refractivity contribution in [1.29, 1.82) is 0 Å². The maximum atomic E-state index is 12.8. The number of benzene rings is 1. The minimum atomic E-state index is -0.883. The van der Waals surface area contributed by atoms with E-state index in [4.69, 9.17) is 4.74 Å². The van der Waals surface area contributed by atoms with Crippen LogP contribution in [-0.4, -0.2) is 24.9 Å². The van der Waals surface area contributed by atoms with Crippen molar-refractivity contribution in [2.24, 2.45) is 0 Å². The second-order valence-corrected chi connectivity index (χ2v) is 3.39. The van der Waals surface area contributed by atoms with Crippen molar-refractivity contribution in [2.45, 2.75) is 18.9 Å². The summed E-state index contributed by atoms with van der Waals surface area (Å²) in [6.45, 7) is 0.449. The molecule has 1 rings (SSSR count). The number of hydrogen-bond donors (Lipinski definition) is 1. The van der Waals surface area contributed by atoms with Gasteiger partial charge in [0.1, 0.15) is 0 Å². The average Bonchev–Trinajstić information content (AvgIpc) is 2.20. The fourth-order valence-electron chi connectivity index (χ4n) is 1.29. The van der Waals surface area contributed by atoms with Crippen molar-refractivity contribution in [3.63, 3.8) is 0 Å². The second kappa shape index (κ2) is 5.78. The quantitative estimate of drug-likeness (QED) is 0.814. The maximum absolute atomic E-state index is 12.8. The fraction of sp³-hybridized carbons (Fsp3) is 0.455. The summed E-state index contributed by atoms with van der Waals surface area (Å²) in [7, 11) is 1.55. The monoisotopic (exact) mass is 216 g/mol. The van der Waals surface area contributed by atoms with Crippen molar-refractivity contribution < 1.29 is 18.6 Å². The summed E-state index contributed by atoms with van der Waals surface area (Å²) in [5.74, 6) is -1.75. The molecule has 0 spiro atoms. The van der Waals surface area contributed by atoms with Gasteiger partial charge in [-0.05, 0) is 30.5 Å². The molecule has 2 nitrogen and oxygen atoms in total. The number of aliphatic hydroxyl groups is 1. The Kier molecular flexibility index (Phi) is 4.65. The molecule has 0 aliphatic heterocycles. The van der Waals surface area contributed by atoms with Gasteiger partial charge in [0.25, 0.3) is 0 Å². The molecule has 0 bridgehead atoms. The lowest BCUT2D eigenvalue weighted by atomic mass is 10.1. The third-order valence-electron chi connectivity index (χ3n) is 2.11. The molecule has 1 aromatic rings. The summed E-state index contributed by atoms with van der Waals surface area (Å²) in [4.78, 5) is 0. The molecule has 0 saturated carbocycles. The van der Waals surface area contributed by atoms with Crippen LogP contribution in [0.4, 0.5) is 8.78 Å². The van der Waals surface area contributed by atoms with E-state index in [1.165, 1.54) is 6.07 Å². The molecule has 0 fully saturated rings. The number of halogens is 2. The highest BCUT2D eigenvalue weighted by Crippen LogP contribution is 2.11. The zero-order chi connectivity index (χ0) is 11.3. The van der Waals surface area contributed by atoms with E-state index in [9.17, 15) is 13.9 Å². The van der Waals surface area contributed by atoms with Gasteiger partial charge < -0.3 is 9.84 Å². The number of methoxy groups -OCH3 is 1. The number of aliphatic hydroxyl groups excluding tert-OH is 1. The van der Waals surface area contributed by atoms with Crippen molar-refractivity contribution in [1.82, 2.24) is 0 Å². The van der Waals surface area contributed by atoms with Crippen LogP contribution in [0.5, 0.6) is 0 Å². The van der Waals surface area contributed by atoms with Crippen LogP contribution >= 0.6 is 0 Å². The average molecular weight is 216 g/mol. The van der Waals surface area contributed by atoms with Crippen LogP contribution in [0.15, 0.2) is 18.2 Å². The predicted octanol–water partition coefficient (Wildman–Crippen LogP) is 1.90. The smallest absolute Gasteiger partial charge is 0.159 e. The zero-order valence-corrected chi connectivity index (χ0v) is 8.54. The van der Waals surface area contributed by atoms with Crippen LogP contribution in [0, 0.1) is 11.6 Å². The first-order chi connectivity index (χ1) is 7.13. The van der Waals surface area contributed by atoms with Gasteiger partial charge in [-0.15, -0.1) is 0 Å². The zero-order valence-electron chi connectivity index (χ0n) is 8.54. The van der Waals surface area contributed by atoms with E-state index >= 15 is 0 Å². The topological polar surface area (TPSA) is 29.5 Å². The van der Waals surface area contributed by atoms with Crippen LogP contribution in [0.1, 0.15) is 12.0 Å². The first-order valence-electron chi connectivity index (χ1n) is 4.74. The van der Waals surface area contributed by atoms with Crippen LogP contribution in [0.3, 0.4) is 0 Å². The third-order valence-corrected chi connectivity index (χ3v) is 2.11. The molecule has 1 atom stereocenters. The van der Waals surface area contributed by atoms with E-state index in [0.717, 1.165) is 12.1 Å². The number of hydrogen-bond acceptors (Lipinski definition) is 2. The van der Waals surface area contributed by atoms with Crippen LogP contribution in [0.2, 0.25) is 0 Å². The Labute approximate surface area is 87.5 Å². The molecule has 1 unspecified atom stereocenters. The molecule has 0 aliphatic rings. The molecule has 0 aromatic heterocycles. The highest BCUT2D eigenvalue weighted by molar-refractivity contribution is 5.18. The first kappa shape index (κ1) is 12.1. The Morgan fingerprint density at radius 2 is 2.07 bits per heavy atom. The highest BCUT2D eigenvalue weighted by Gasteiger charge is 2.08. The molecule has 0 radical (unpaired) electrons. The number of ether oxygens (including phenoxy) is 1. The highest BCUT2D eigenvalue weighted by atomic mass is 19.2. The van der Waals surface area contributed by atoms with Gasteiger partial charge in [-0.1, -0.05) is 6.07 Å². The summed E-state index contributed by atoms with van der Waals surface area (Å²) in [6, 6.07) is 3.63. The van der Waals surface area contributed by atoms with Crippen LogP contribution in [0.25, 0.3) is 0 Å². The summed E-state index contributed by atoms with van der Waals surface area (Å²) >= 11 is 0. The van der Waals surface area contributed by atoms with Gasteiger partial charge in [0.2, 0.25) is 0 Å². The summed E-state index contributed by atoms with van der Waals surface area (Å²) in [5, 5.41) is 9.50. The lowest BCUT2D eigenvalue weighted by Crippen LogP contribution is -2.13. The molecule has 0 amide bonds. The molecule has 0 aliphatic carbocycles.